The molecule has 1 fully saturated rings. The molecule has 1 saturated heterocycles. The van der Waals surface area contributed by atoms with Crippen LogP contribution in [0.5, 0.6) is 0 Å². The molecule has 0 amide bonds. The summed E-state index contributed by atoms with van der Waals surface area (Å²) in [5.74, 6) is 0. The van der Waals surface area contributed by atoms with E-state index in [0.29, 0.717) is 6.04 Å². The fourth-order valence-corrected chi connectivity index (χ4v) is 3.31. The Hall–Kier alpha value is -0.940. The maximum absolute atomic E-state index is 9.92. The van der Waals surface area contributed by atoms with Crippen molar-refractivity contribution in [3.05, 3.63) is 35.4 Å². The molecule has 1 aliphatic rings. The summed E-state index contributed by atoms with van der Waals surface area (Å²) in [5.41, 5.74) is 8.85. The van der Waals surface area contributed by atoms with E-state index in [-0.39, 0.29) is 12.1 Å². The third-order valence-electron chi connectivity index (χ3n) is 4.40. The lowest BCUT2D eigenvalue weighted by molar-refractivity contribution is 0.170. The summed E-state index contributed by atoms with van der Waals surface area (Å²) in [6.07, 6.45) is 1.61. The van der Waals surface area contributed by atoms with Crippen LogP contribution in [0.1, 0.15) is 30.0 Å². The second-order valence-electron chi connectivity index (χ2n) is 6.55. The Morgan fingerprint density at radius 1 is 1.38 bits per heavy atom. The molecule has 0 aliphatic carbocycles. The quantitative estimate of drug-likeness (QED) is 0.831. The Morgan fingerprint density at radius 2 is 2.10 bits per heavy atom. The number of aryl methyl sites for hydroxylation is 1. The van der Waals surface area contributed by atoms with Gasteiger partial charge < -0.3 is 15.7 Å². The minimum absolute atomic E-state index is 0.0731. The number of likely N-dealkylation sites (N-methyl/N-ethyl adjacent to an activating group) is 1. The molecule has 3 atom stereocenters. The number of benzene rings is 1. The van der Waals surface area contributed by atoms with Crippen LogP contribution < -0.4 is 5.73 Å². The summed E-state index contributed by atoms with van der Waals surface area (Å²) in [7, 11) is 4.17. The van der Waals surface area contributed by atoms with Crippen molar-refractivity contribution in [1.29, 1.82) is 0 Å². The highest BCUT2D eigenvalue weighted by Gasteiger charge is 2.31. The van der Waals surface area contributed by atoms with Gasteiger partial charge in [0, 0.05) is 31.7 Å². The standard InChI is InChI=1S/C17H29N3O/c1-13-6-4-5-7-16(13)17(18)8-9-20-12-15(21)10-14(20)11-19(2)3/h4-7,14-15,17,21H,8-12,18H2,1-3H3. The van der Waals surface area contributed by atoms with Crippen molar-refractivity contribution in [1.82, 2.24) is 9.80 Å². The molecule has 1 aromatic rings. The van der Waals surface area contributed by atoms with E-state index in [0.717, 1.165) is 32.5 Å². The van der Waals surface area contributed by atoms with Crippen molar-refractivity contribution in [3.63, 3.8) is 0 Å². The number of aliphatic hydroxyl groups excluding tert-OH is 1. The number of rotatable bonds is 6. The smallest absolute Gasteiger partial charge is 0.0682 e. The van der Waals surface area contributed by atoms with Gasteiger partial charge in [0.1, 0.15) is 0 Å². The lowest BCUT2D eigenvalue weighted by atomic mass is 9.99. The molecule has 0 spiro atoms. The predicted molar refractivity (Wildman–Crippen MR) is 87.3 cm³/mol. The van der Waals surface area contributed by atoms with Gasteiger partial charge in [-0.3, -0.25) is 4.90 Å². The van der Waals surface area contributed by atoms with Crippen LogP contribution in [-0.2, 0) is 0 Å². The van der Waals surface area contributed by atoms with Crippen LogP contribution in [0.15, 0.2) is 24.3 Å². The minimum atomic E-state index is -0.190. The summed E-state index contributed by atoms with van der Waals surface area (Å²) in [5, 5.41) is 9.92. The zero-order chi connectivity index (χ0) is 15.4. The molecule has 0 saturated carbocycles. The molecule has 4 heteroatoms. The van der Waals surface area contributed by atoms with Crippen LogP contribution in [0.4, 0.5) is 0 Å². The first-order chi connectivity index (χ1) is 9.97. The SMILES string of the molecule is Cc1ccccc1C(N)CCN1CC(O)CC1CN(C)C. The molecule has 2 rings (SSSR count). The number of nitrogens with zero attached hydrogens (tertiary/aromatic N) is 2. The lowest BCUT2D eigenvalue weighted by Crippen LogP contribution is -2.38. The van der Waals surface area contributed by atoms with Crippen molar-refractivity contribution in [3.8, 4) is 0 Å². The average Bonchev–Trinajstić information content (AvgIpc) is 2.75. The van der Waals surface area contributed by atoms with Gasteiger partial charge >= 0.3 is 0 Å². The normalized spacial score (nSPS) is 24.7. The van der Waals surface area contributed by atoms with E-state index in [9.17, 15) is 5.11 Å². The van der Waals surface area contributed by atoms with Crippen molar-refractivity contribution < 1.29 is 5.11 Å². The highest BCUT2D eigenvalue weighted by Crippen LogP contribution is 2.22. The Morgan fingerprint density at radius 3 is 2.76 bits per heavy atom. The van der Waals surface area contributed by atoms with Gasteiger partial charge in [-0.05, 0) is 45.0 Å². The van der Waals surface area contributed by atoms with Gasteiger partial charge in [0.25, 0.3) is 0 Å². The van der Waals surface area contributed by atoms with Crippen molar-refractivity contribution >= 4 is 0 Å². The van der Waals surface area contributed by atoms with Crippen LogP contribution in [0, 0.1) is 6.92 Å². The molecule has 0 bridgehead atoms. The molecular formula is C17H29N3O. The van der Waals surface area contributed by atoms with Gasteiger partial charge in [0.15, 0.2) is 0 Å². The largest absolute Gasteiger partial charge is 0.392 e. The van der Waals surface area contributed by atoms with E-state index in [1.54, 1.807) is 0 Å². The molecule has 1 aliphatic heterocycles. The van der Waals surface area contributed by atoms with E-state index in [1.807, 2.05) is 0 Å². The van der Waals surface area contributed by atoms with E-state index >= 15 is 0 Å². The maximum Gasteiger partial charge on any atom is 0.0682 e. The van der Waals surface area contributed by atoms with Gasteiger partial charge in [-0.25, -0.2) is 0 Å². The fourth-order valence-electron chi connectivity index (χ4n) is 3.31. The van der Waals surface area contributed by atoms with Crippen LogP contribution >= 0.6 is 0 Å². The summed E-state index contributed by atoms with van der Waals surface area (Å²) < 4.78 is 0. The van der Waals surface area contributed by atoms with Crippen LogP contribution in [-0.4, -0.2) is 60.8 Å². The lowest BCUT2D eigenvalue weighted by Gasteiger charge is -2.27. The summed E-state index contributed by atoms with van der Waals surface area (Å²) in [6.45, 7) is 4.84. The molecule has 3 N–H and O–H groups in total. The first kappa shape index (κ1) is 16.4. The molecule has 0 aromatic heterocycles. The fraction of sp³-hybridized carbons (Fsp3) is 0.647. The maximum atomic E-state index is 9.92. The minimum Gasteiger partial charge on any atom is -0.392 e. The van der Waals surface area contributed by atoms with Crippen LogP contribution in [0.25, 0.3) is 0 Å². The third-order valence-corrected chi connectivity index (χ3v) is 4.40. The number of β-amino-alcohol motifs (C(OH)–C–C–N with tert-alkyl or cyclic N) is 1. The predicted octanol–water partition coefficient (Wildman–Crippen LogP) is 1.38. The van der Waals surface area contributed by atoms with Gasteiger partial charge in [0.2, 0.25) is 0 Å². The molecule has 118 valence electrons. The summed E-state index contributed by atoms with van der Waals surface area (Å²) >= 11 is 0. The van der Waals surface area contributed by atoms with Crippen molar-refractivity contribution in [2.75, 3.05) is 33.7 Å². The molecule has 1 heterocycles. The van der Waals surface area contributed by atoms with Crippen molar-refractivity contribution in [2.45, 2.75) is 38.0 Å². The van der Waals surface area contributed by atoms with Gasteiger partial charge in [-0.2, -0.15) is 0 Å². The number of hydrogen-bond acceptors (Lipinski definition) is 4. The topological polar surface area (TPSA) is 52.7 Å². The van der Waals surface area contributed by atoms with Crippen LogP contribution in [0.3, 0.4) is 0 Å². The van der Waals surface area contributed by atoms with Gasteiger partial charge in [0.05, 0.1) is 6.10 Å². The van der Waals surface area contributed by atoms with Crippen molar-refractivity contribution in [2.24, 2.45) is 5.73 Å². The summed E-state index contributed by atoms with van der Waals surface area (Å²) in [6, 6.07) is 8.86. The number of aliphatic hydroxyl groups is 1. The van der Waals surface area contributed by atoms with E-state index in [1.165, 1.54) is 11.1 Å². The average molecular weight is 291 g/mol. The Labute approximate surface area is 128 Å². The Kier molecular flexibility index (Phi) is 5.76. The highest BCUT2D eigenvalue weighted by atomic mass is 16.3. The highest BCUT2D eigenvalue weighted by molar-refractivity contribution is 5.28. The number of likely N-dealkylation sites (tertiary alicyclic amines) is 1. The van der Waals surface area contributed by atoms with E-state index in [2.05, 4.69) is 55.1 Å². The first-order valence-corrected chi connectivity index (χ1v) is 7.85. The molecule has 0 radical (unpaired) electrons. The zero-order valence-electron chi connectivity index (χ0n) is 13.5. The van der Waals surface area contributed by atoms with E-state index in [4.69, 9.17) is 5.73 Å². The van der Waals surface area contributed by atoms with Gasteiger partial charge in [-0.1, -0.05) is 24.3 Å². The Bertz CT molecular complexity index is 449. The number of nitrogens with two attached hydrogens (primary N) is 1. The molecular weight excluding hydrogens is 262 g/mol. The first-order valence-electron chi connectivity index (χ1n) is 7.85. The second-order valence-corrected chi connectivity index (χ2v) is 6.55. The second kappa shape index (κ2) is 7.36. The number of hydrogen-bond donors (Lipinski definition) is 2. The molecule has 4 nitrogen and oxygen atoms in total. The van der Waals surface area contributed by atoms with Gasteiger partial charge in [-0.15, -0.1) is 0 Å². The molecule has 3 unspecified atom stereocenters. The monoisotopic (exact) mass is 291 g/mol. The third kappa shape index (κ3) is 4.51. The van der Waals surface area contributed by atoms with E-state index < -0.39 is 0 Å². The molecule has 21 heavy (non-hydrogen) atoms. The zero-order valence-corrected chi connectivity index (χ0v) is 13.5. The van der Waals surface area contributed by atoms with Crippen LogP contribution in [0.2, 0.25) is 0 Å². The Balaban J connectivity index is 1.90. The summed E-state index contributed by atoms with van der Waals surface area (Å²) in [4.78, 5) is 4.58. The molecule has 1 aromatic carbocycles.